The van der Waals surface area contributed by atoms with Gasteiger partial charge in [0.1, 0.15) is 6.61 Å². The molecule has 166 valence electrons. The maximum Gasteiger partial charge on any atom is 0.411 e. The van der Waals surface area contributed by atoms with Crippen LogP contribution in [0.5, 0.6) is 0 Å². The Morgan fingerprint density at radius 1 is 0.676 bits per heavy atom. The van der Waals surface area contributed by atoms with Crippen molar-refractivity contribution < 1.29 is 19.4 Å². The van der Waals surface area contributed by atoms with Crippen molar-refractivity contribution in [1.82, 2.24) is 0 Å². The van der Waals surface area contributed by atoms with Crippen molar-refractivity contribution in [3.8, 4) is 11.1 Å². The van der Waals surface area contributed by atoms with Gasteiger partial charge in [-0.1, -0.05) is 91.0 Å². The van der Waals surface area contributed by atoms with Gasteiger partial charge in [0.2, 0.25) is 0 Å². The predicted octanol–water partition coefficient (Wildman–Crippen LogP) is 7.11. The number of carbonyl (C=O) groups excluding carboxylic acids is 1. The minimum Gasteiger partial charge on any atom is -0.478 e. The van der Waals surface area contributed by atoms with Crippen LogP contribution in [0.4, 0.5) is 10.5 Å². The number of aromatic carboxylic acids is 1. The van der Waals surface area contributed by atoms with E-state index in [1.807, 2.05) is 84.9 Å². The van der Waals surface area contributed by atoms with Crippen molar-refractivity contribution in [2.75, 3.05) is 5.32 Å². The number of benzene rings is 5. The summed E-state index contributed by atoms with van der Waals surface area (Å²) in [6, 6.07) is 31.9. The lowest BCUT2D eigenvalue weighted by Crippen LogP contribution is -2.14. The van der Waals surface area contributed by atoms with Gasteiger partial charge in [-0.15, -0.1) is 0 Å². The number of hydrogen-bond acceptors (Lipinski definition) is 3. The van der Waals surface area contributed by atoms with Crippen molar-refractivity contribution in [1.29, 1.82) is 0 Å². The first kappa shape index (κ1) is 21.2. The second kappa shape index (κ2) is 9.08. The maximum atomic E-state index is 12.7. The van der Waals surface area contributed by atoms with Crippen molar-refractivity contribution in [2.45, 2.75) is 6.61 Å². The van der Waals surface area contributed by atoms with Gasteiger partial charge in [0.05, 0.1) is 11.3 Å². The van der Waals surface area contributed by atoms with Crippen LogP contribution in [0.1, 0.15) is 15.9 Å². The van der Waals surface area contributed by atoms with E-state index in [2.05, 4.69) is 5.32 Å². The third-order valence-electron chi connectivity index (χ3n) is 5.79. The van der Waals surface area contributed by atoms with Gasteiger partial charge in [-0.25, -0.2) is 9.59 Å². The Morgan fingerprint density at radius 2 is 1.26 bits per heavy atom. The van der Waals surface area contributed by atoms with Crippen LogP contribution in [0.3, 0.4) is 0 Å². The Bertz CT molecular complexity index is 1530. The third kappa shape index (κ3) is 4.07. The molecular weight excluding hydrogens is 426 g/mol. The molecule has 0 heterocycles. The average Bonchev–Trinajstić information content (AvgIpc) is 2.87. The summed E-state index contributed by atoms with van der Waals surface area (Å²) in [5.41, 5.74) is 2.72. The molecule has 5 nitrogen and oxygen atoms in total. The molecule has 0 saturated carbocycles. The van der Waals surface area contributed by atoms with E-state index in [1.54, 1.807) is 18.2 Å². The summed E-state index contributed by atoms with van der Waals surface area (Å²) in [5.74, 6) is -1.04. The standard InChI is InChI=1S/C29H21NO4/c31-28(32)24-16-14-20-10-4-6-12-22(20)26(24)27-23-13-7-5-11-21(23)15-17-25(27)30-29(33)34-18-19-8-2-1-3-9-19/h1-17H,18H2,(H,30,33)(H,31,32). The van der Waals surface area contributed by atoms with Gasteiger partial charge >= 0.3 is 12.1 Å². The van der Waals surface area contributed by atoms with Crippen molar-refractivity contribution in [2.24, 2.45) is 0 Å². The molecule has 0 bridgehead atoms. The zero-order valence-electron chi connectivity index (χ0n) is 18.2. The van der Waals surface area contributed by atoms with Gasteiger partial charge < -0.3 is 9.84 Å². The second-order valence-corrected chi connectivity index (χ2v) is 7.91. The number of carbonyl (C=O) groups is 2. The van der Waals surface area contributed by atoms with E-state index in [9.17, 15) is 14.7 Å². The number of fused-ring (bicyclic) bond motifs is 2. The molecule has 0 fully saturated rings. The summed E-state index contributed by atoms with van der Waals surface area (Å²) in [5, 5.41) is 16.3. The third-order valence-corrected chi connectivity index (χ3v) is 5.79. The SMILES string of the molecule is O=C(Nc1ccc2ccccc2c1-c1c(C(=O)O)ccc2ccccc12)OCc1ccccc1. The summed E-state index contributed by atoms with van der Waals surface area (Å²) < 4.78 is 5.43. The van der Waals surface area contributed by atoms with Gasteiger partial charge in [0.15, 0.2) is 0 Å². The average molecular weight is 447 g/mol. The highest BCUT2D eigenvalue weighted by Gasteiger charge is 2.21. The van der Waals surface area contributed by atoms with E-state index in [0.29, 0.717) is 16.8 Å². The van der Waals surface area contributed by atoms with Crippen molar-refractivity contribution >= 4 is 39.3 Å². The fraction of sp³-hybridized carbons (Fsp3) is 0.0345. The molecule has 2 N–H and O–H groups in total. The Hall–Kier alpha value is -4.64. The number of ether oxygens (including phenoxy) is 1. The van der Waals surface area contributed by atoms with Crippen LogP contribution in [0, 0.1) is 0 Å². The minimum atomic E-state index is -1.04. The molecule has 0 radical (unpaired) electrons. The largest absolute Gasteiger partial charge is 0.478 e. The van der Waals surface area contributed by atoms with Gasteiger partial charge in [-0.3, -0.25) is 5.32 Å². The number of rotatable bonds is 5. The lowest BCUT2D eigenvalue weighted by Gasteiger charge is -2.18. The van der Waals surface area contributed by atoms with Crippen LogP contribution in [0.2, 0.25) is 0 Å². The molecular formula is C29H21NO4. The molecule has 5 aromatic carbocycles. The van der Waals surface area contributed by atoms with Gasteiger partial charge in [-0.2, -0.15) is 0 Å². The maximum absolute atomic E-state index is 12.7. The minimum absolute atomic E-state index is 0.129. The van der Waals surface area contributed by atoms with E-state index in [-0.39, 0.29) is 12.2 Å². The number of anilines is 1. The molecule has 34 heavy (non-hydrogen) atoms. The monoisotopic (exact) mass is 447 g/mol. The first-order valence-electron chi connectivity index (χ1n) is 10.9. The summed E-state index contributed by atoms with van der Waals surface area (Å²) in [4.78, 5) is 25.0. The number of carboxylic acids is 1. The molecule has 0 aliphatic rings. The molecule has 0 saturated heterocycles. The molecule has 0 aliphatic heterocycles. The van der Waals surface area contributed by atoms with Crippen LogP contribution in [-0.2, 0) is 11.3 Å². The zero-order valence-corrected chi connectivity index (χ0v) is 18.2. The Labute approximate surface area is 196 Å². The fourth-order valence-electron chi connectivity index (χ4n) is 4.23. The first-order chi connectivity index (χ1) is 16.6. The normalized spacial score (nSPS) is 10.8. The Morgan fingerprint density at radius 3 is 1.94 bits per heavy atom. The molecule has 5 aromatic rings. The molecule has 0 aliphatic carbocycles. The predicted molar refractivity (Wildman–Crippen MR) is 134 cm³/mol. The van der Waals surface area contributed by atoms with E-state index < -0.39 is 12.1 Å². The fourth-order valence-corrected chi connectivity index (χ4v) is 4.23. The van der Waals surface area contributed by atoms with Crippen molar-refractivity contribution in [3.05, 3.63) is 114 Å². The molecule has 0 spiro atoms. The van der Waals surface area contributed by atoms with Crippen LogP contribution in [0.25, 0.3) is 32.7 Å². The number of hydrogen-bond donors (Lipinski definition) is 2. The Kier molecular flexibility index (Phi) is 5.67. The lowest BCUT2D eigenvalue weighted by atomic mass is 9.89. The highest BCUT2D eigenvalue weighted by atomic mass is 16.5. The van der Waals surface area contributed by atoms with Crippen LogP contribution in [-0.4, -0.2) is 17.2 Å². The molecule has 0 unspecified atom stereocenters. The highest BCUT2D eigenvalue weighted by Crippen LogP contribution is 2.41. The molecule has 5 rings (SSSR count). The zero-order chi connectivity index (χ0) is 23.5. The second-order valence-electron chi connectivity index (χ2n) is 7.91. The summed E-state index contributed by atoms with van der Waals surface area (Å²) in [7, 11) is 0. The smallest absolute Gasteiger partial charge is 0.411 e. The summed E-state index contributed by atoms with van der Waals surface area (Å²) in [6.07, 6.45) is -0.613. The molecule has 0 atom stereocenters. The molecule has 1 amide bonds. The number of carboxylic acid groups (broad SMARTS) is 1. The quantitative estimate of drug-likeness (QED) is 0.301. The van der Waals surface area contributed by atoms with Crippen LogP contribution < -0.4 is 5.32 Å². The topological polar surface area (TPSA) is 75.6 Å². The van der Waals surface area contributed by atoms with Gasteiger partial charge in [0.25, 0.3) is 0 Å². The number of nitrogens with one attached hydrogen (secondary N) is 1. The summed E-state index contributed by atoms with van der Waals surface area (Å²) in [6.45, 7) is 0.129. The van der Waals surface area contributed by atoms with E-state index in [0.717, 1.165) is 27.1 Å². The highest BCUT2D eigenvalue weighted by molar-refractivity contribution is 6.16. The molecule has 0 aromatic heterocycles. The number of amides is 1. The Balaban J connectivity index is 1.65. The lowest BCUT2D eigenvalue weighted by molar-refractivity contribution is 0.0698. The van der Waals surface area contributed by atoms with E-state index in [4.69, 9.17) is 4.74 Å². The summed E-state index contributed by atoms with van der Waals surface area (Å²) >= 11 is 0. The van der Waals surface area contributed by atoms with E-state index in [1.165, 1.54) is 0 Å². The van der Waals surface area contributed by atoms with E-state index >= 15 is 0 Å². The van der Waals surface area contributed by atoms with Gasteiger partial charge in [-0.05, 0) is 39.2 Å². The molecule has 5 heteroatoms. The van der Waals surface area contributed by atoms with Gasteiger partial charge in [0, 0.05) is 11.1 Å². The van der Waals surface area contributed by atoms with Crippen LogP contribution in [0.15, 0.2) is 103 Å². The van der Waals surface area contributed by atoms with Crippen molar-refractivity contribution in [3.63, 3.8) is 0 Å². The van der Waals surface area contributed by atoms with Crippen LogP contribution >= 0.6 is 0 Å². The first-order valence-corrected chi connectivity index (χ1v) is 10.9.